The lowest BCUT2D eigenvalue weighted by atomic mass is 10.3. The van der Waals surface area contributed by atoms with Crippen LogP contribution in [0.25, 0.3) is 11.0 Å². The maximum absolute atomic E-state index is 5.99. The Morgan fingerprint density at radius 1 is 1.32 bits per heavy atom. The molecule has 7 heteroatoms. The molecule has 0 saturated carbocycles. The summed E-state index contributed by atoms with van der Waals surface area (Å²) in [4.78, 5) is 4.55. The predicted octanol–water partition coefficient (Wildman–Crippen LogP) is 2.71. The molecule has 0 amide bonds. The average Bonchev–Trinajstić information content (AvgIpc) is 2.94. The van der Waals surface area contributed by atoms with E-state index >= 15 is 0 Å². The van der Waals surface area contributed by atoms with E-state index in [1.807, 2.05) is 29.8 Å². The Balaban J connectivity index is 2.13. The molecule has 0 aliphatic heterocycles. The van der Waals surface area contributed by atoms with E-state index in [1.54, 1.807) is 6.33 Å². The minimum atomic E-state index is 0.365. The Labute approximate surface area is 123 Å². The highest BCUT2D eigenvalue weighted by atomic mass is 79.9. The molecule has 0 atom stereocenters. The van der Waals surface area contributed by atoms with Crippen molar-refractivity contribution in [3.05, 3.63) is 40.6 Å². The van der Waals surface area contributed by atoms with Crippen LogP contribution in [0.4, 0.5) is 0 Å². The van der Waals surface area contributed by atoms with Crippen molar-refractivity contribution in [2.45, 2.75) is 12.4 Å². The van der Waals surface area contributed by atoms with Crippen LogP contribution in [-0.4, -0.2) is 24.3 Å². The lowest BCUT2D eigenvalue weighted by Gasteiger charge is -2.06. The van der Waals surface area contributed by atoms with E-state index in [4.69, 9.17) is 11.6 Å². The van der Waals surface area contributed by atoms with Crippen molar-refractivity contribution < 1.29 is 0 Å². The number of hydrogen-bond donors (Lipinski definition) is 0. The molecule has 2 heterocycles. The van der Waals surface area contributed by atoms with Gasteiger partial charge in [-0.15, -0.1) is 21.8 Å². The van der Waals surface area contributed by atoms with Crippen LogP contribution in [0.3, 0.4) is 0 Å². The Kier molecular flexibility index (Phi) is 3.28. The predicted molar refractivity (Wildman–Crippen MR) is 77.1 cm³/mol. The fourth-order valence-electron chi connectivity index (χ4n) is 2.02. The smallest absolute Gasteiger partial charge is 0.152 e. The van der Waals surface area contributed by atoms with Gasteiger partial charge in [-0.2, -0.15) is 0 Å². The van der Waals surface area contributed by atoms with Crippen molar-refractivity contribution in [2.24, 2.45) is 7.05 Å². The number of rotatable bonds is 3. The number of nitrogens with zero attached hydrogens (tertiary/aromatic N) is 5. The zero-order valence-corrected chi connectivity index (χ0v) is 12.6. The van der Waals surface area contributed by atoms with E-state index in [9.17, 15) is 0 Å². The SMILES string of the molecule is Cn1cnnc1Cn1c(CCl)nc2cc(Br)ccc21. The van der Waals surface area contributed by atoms with Gasteiger partial charge in [0.05, 0.1) is 23.5 Å². The van der Waals surface area contributed by atoms with Crippen molar-refractivity contribution in [1.29, 1.82) is 0 Å². The van der Waals surface area contributed by atoms with Gasteiger partial charge in [0.25, 0.3) is 0 Å². The monoisotopic (exact) mass is 339 g/mol. The van der Waals surface area contributed by atoms with Crippen LogP contribution in [-0.2, 0) is 19.5 Å². The molecule has 0 unspecified atom stereocenters. The molecule has 0 aliphatic rings. The molecular formula is C12H11BrClN5. The first-order valence-corrected chi connectivity index (χ1v) is 7.05. The van der Waals surface area contributed by atoms with Crippen molar-refractivity contribution >= 4 is 38.6 Å². The molecule has 0 bridgehead atoms. The van der Waals surface area contributed by atoms with Gasteiger partial charge in [0.15, 0.2) is 5.82 Å². The fourth-order valence-corrected chi connectivity index (χ4v) is 2.58. The van der Waals surface area contributed by atoms with Crippen molar-refractivity contribution in [3.8, 4) is 0 Å². The quantitative estimate of drug-likeness (QED) is 0.689. The molecular weight excluding hydrogens is 330 g/mol. The zero-order chi connectivity index (χ0) is 13.4. The zero-order valence-electron chi connectivity index (χ0n) is 10.2. The highest BCUT2D eigenvalue weighted by molar-refractivity contribution is 9.10. The second-order valence-corrected chi connectivity index (χ2v) is 5.42. The summed E-state index contributed by atoms with van der Waals surface area (Å²) in [6.07, 6.45) is 1.69. The van der Waals surface area contributed by atoms with Gasteiger partial charge in [-0.1, -0.05) is 15.9 Å². The van der Waals surface area contributed by atoms with Gasteiger partial charge >= 0.3 is 0 Å². The molecule has 5 nitrogen and oxygen atoms in total. The number of benzene rings is 1. The molecule has 1 aromatic carbocycles. The van der Waals surface area contributed by atoms with Gasteiger partial charge in [-0.05, 0) is 18.2 Å². The molecule has 0 saturated heterocycles. The standard InChI is InChI=1S/C12H11BrClN5/c1-18-7-15-17-12(18)6-19-10-3-2-8(13)4-9(10)16-11(19)5-14/h2-4,7H,5-6H2,1H3. The van der Waals surface area contributed by atoms with E-state index < -0.39 is 0 Å². The molecule has 0 N–H and O–H groups in total. The molecule has 0 spiro atoms. The second kappa shape index (κ2) is 4.94. The third-order valence-electron chi connectivity index (χ3n) is 3.01. The van der Waals surface area contributed by atoms with Gasteiger partial charge in [-0.25, -0.2) is 4.98 Å². The molecule has 3 rings (SSSR count). The molecule has 2 aromatic heterocycles. The van der Waals surface area contributed by atoms with Crippen LogP contribution in [0.1, 0.15) is 11.6 Å². The van der Waals surface area contributed by atoms with Crippen LogP contribution in [0.5, 0.6) is 0 Å². The molecule has 19 heavy (non-hydrogen) atoms. The van der Waals surface area contributed by atoms with Crippen LogP contribution in [0.2, 0.25) is 0 Å². The number of fused-ring (bicyclic) bond motifs is 1. The van der Waals surface area contributed by atoms with E-state index in [0.717, 1.165) is 27.2 Å². The van der Waals surface area contributed by atoms with E-state index in [0.29, 0.717) is 12.4 Å². The maximum atomic E-state index is 5.99. The summed E-state index contributed by atoms with van der Waals surface area (Å²) < 4.78 is 4.96. The Bertz CT molecular complexity index is 733. The van der Waals surface area contributed by atoms with Gasteiger partial charge in [-0.3, -0.25) is 0 Å². The number of hydrogen-bond acceptors (Lipinski definition) is 3. The van der Waals surface area contributed by atoms with Gasteiger partial charge in [0, 0.05) is 11.5 Å². The van der Waals surface area contributed by atoms with Crippen LogP contribution in [0.15, 0.2) is 29.0 Å². The summed E-state index contributed by atoms with van der Waals surface area (Å²) in [5.74, 6) is 2.07. The third kappa shape index (κ3) is 2.26. The number of alkyl halides is 1. The number of aryl methyl sites for hydroxylation is 1. The Hall–Kier alpha value is -1.40. The van der Waals surface area contributed by atoms with Crippen molar-refractivity contribution in [3.63, 3.8) is 0 Å². The minimum Gasteiger partial charge on any atom is -0.319 e. The van der Waals surface area contributed by atoms with E-state index in [1.165, 1.54) is 0 Å². The van der Waals surface area contributed by atoms with Gasteiger partial charge in [0.2, 0.25) is 0 Å². The van der Waals surface area contributed by atoms with Gasteiger partial charge in [0.1, 0.15) is 12.2 Å². The van der Waals surface area contributed by atoms with Crippen LogP contribution >= 0.6 is 27.5 Å². The summed E-state index contributed by atoms with van der Waals surface area (Å²) in [6.45, 7) is 0.608. The Morgan fingerprint density at radius 2 is 2.16 bits per heavy atom. The summed E-state index contributed by atoms with van der Waals surface area (Å²) in [5, 5.41) is 7.99. The number of imidazole rings is 1. The topological polar surface area (TPSA) is 48.5 Å². The second-order valence-electron chi connectivity index (χ2n) is 4.24. The maximum Gasteiger partial charge on any atom is 0.152 e. The molecule has 0 radical (unpaired) electrons. The van der Waals surface area contributed by atoms with Crippen LogP contribution < -0.4 is 0 Å². The molecule has 3 aromatic rings. The third-order valence-corrected chi connectivity index (χ3v) is 3.75. The first kappa shape index (κ1) is 12.6. The first-order chi connectivity index (χ1) is 9.19. The fraction of sp³-hybridized carbons (Fsp3) is 0.250. The normalized spacial score (nSPS) is 11.3. The molecule has 0 fully saturated rings. The van der Waals surface area contributed by atoms with Gasteiger partial charge < -0.3 is 9.13 Å². The average molecular weight is 341 g/mol. The number of aromatic nitrogens is 5. The lowest BCUT2D eigenvalue weighted by Crippen LogP contribution is -2.08. The summed E-state index contributed by atoms with van der Waals surface area (Å²) in [7, 11) is 1.92. The highest BCUT2D eigenvalue weighted by Gasteiger charge is 2.12. The summed E-state index contributed by atoms with van der Waals surface area (Å²) >= 11 is 9.44. The molecule has 98 valence electrons. The van der Waals surface area contributed by atoms with Crippen molar-refractivity contribution in [1.82, 2.24) is 24.3 Å². The van der Waals surface area contributed by atoms with Crippen molar-refractivity contribution in [2.75, 3.05) is 0 Å². The highest BCUT2D eigenvalue weighted by Crippen LogP contribution is 2.22. The lowest BCUT2D eigenvalue weighted by molar-refractivity contribution is 0.691. The summed E-state index contributed by atoms with van der Waals surface area (Å²) in [5.41, 5.74) is 1.97. The largest absolute Gasteiger partial charge is 0.319 e. The molecule has 0 aliphatic carbocycles. The number of halogens is 2. The minimum absolute atomic E-state index is 0.365. The first-order valence-electron chi connectivity index (χ1n) is 5.72. The van der Waals surface area contributed by atoms with E-state index in [-0.39, 0.29) is 0 Å². The Morgan fingerprint density at radius 3 is 2.84 bits per heavy atom. The van der Waals surface area contributed by atoms with Crippen LogP contribution in [0, 0.1) is 0 Å². The van der Waals surface area contributed by atoms with E-state index in [2.05, 4.69) is 35.7 Å². The summed E-state index contributed by atoms with van der Waals surface area (Å²) in [6, 6.07) is 6.01.